The third-order valence-corrected chi connectivity index (χ3v) is 10.8. The molecule has 1 amide bonds. The van der Waals surface area contributed by atoms with Crippen LogP contribution in [0.5, 0.6) is 46.0 Å². The molecule has 0 unspecified atom stereocenters. The number of allylic oxidation sites excluding steroid dienone is 1. The topological polar surface area (TPSA) is 82.2 Å². The van der Waals surface area contributed by atoms with E-state index in [9.17, 15) is 4.79 Å². The number of amides is 1. The van der Waals surface area contributed by atoms with Crippen molar-refractivity contribution in [2.75, 3.05) is 53.6 Å². The highest BCUT2D eigenvalue weighted by molar-refractivity contribution is 6.02. The number of hydrogen-bond acceptors (Lipinski definition) is 9. The molecule has 0 aromatic heterocycles. The molecule has 10 heteroatoms. The minimum Gasteiger partial charge on any atom is -0.493 e. The molecule has 5 aliphatic heterocycles. The Kier molecular flexibility index (Phi) is 8.75. The molecule has 5 aliphatic rings. The lowest BCUT2D eigenvalue weighted by Gasteiger charge is -2.48. The fourth-order valence-electron chi connectivity index (χ4n) is 8.27. The van der Waals surface area contributed by atoms with Crippen molar-refractivity contribution in [2.24, 2.45) is 0 Å². The number of hydrazine groups is 1. The average Bonchev–Trinajstić information content (AvgIpc) is 3.14. The van der Waals surface area contributed by atoms with Crippen LogP contribution < -0.4 is 33.4 Å². The van der Waals surface area contributed by atoms with E-state index >= 15 is 0 Å². The summed E-state index contributed by atoms with van der Waals surface area (Å²) in [7, 11) is 8.76. The van der Waals surface area contributed by atoms with Gasteiger partial charge in [0.1, 0.15) is 5.75 Å². The fourth-order valence-corrected chi connectivity index (χ4v) is 8.27. The quantitative estimate of drug-likeness (QED) is 0.194. The van der Waals surface area contributed by atoms with E-state index in [2.05, 4.69) is 41.2 Å². The largest absolute Gasteiger partial charge is 0.493 e. The van der Waals surface area contributed by atoms with E-state index in [4.69, 9.17) is 28.4 Å². The van der Waals surface area contributed by atoms with Gasteiger partial charge in [0.2, 0.25) is 5.75 Å². The standard InChI is InChI=1S/C42H45N3O7/c1-24(2)16-39(46)45-31-23-35(48-5)36-21-28(31)18-33-40-27(13-15-44(33)45)20-38(49-6)41(50-7)42(40)52-37-22-30-26(19-34(37)47-4)12-14-43(3)32(30)17-25-8-10-29(51-36)11-9-25/h8-11,16,19-23,32-33H,12-15,17-18H2,1-7H3/t32-,33-/m0/s1. The molecular weight excluding hydrogens is 658 g/mol. The lowest BCUT2D eigenvalue weighted by molar-refractivity contribution is -0.118. The van der Waals surface area contributed by atoms with Gasteiger partial charge >= 0.3 is 0 Å². The average molecular weight is 704 g/mol. The Morgan fingerprint density at radius 3 is 2.15 bits per heavy atom. The maximum atomic E-state index is 14.2. The molecule has 9 rings (SSSR count). The molecule has 0 aliphatic carbocycles. The van der Waals surface area contributed by atoms with Crippen LogP contribution in [0, 0.1) is 0 Å². The molecule has 0 spiro atoms. The Bertz CT molecular complexity index is 2090. The normalized spacial score (nSPS) is 18.8. The number of benzene rings is 4. The number of methoxy groups -OCH3 is 4. The maximum Gasteiger partial charge on any atom is 0.265 e. The van der Waals surface area contributed by atoms with Gasteiger partial charge in [0.15, 0.2) is 34.5 Å². The number of carbonyl (C=O) groups is 1. The third-order valence-electron chi connectivity index (χ3n) is 10.8. The number of fused-ring (bicyclic) bond motifs is 2. The van der Waals surface area contributed by atoms with Crippen LogP contribution in [0.1, 0.15) is 59.3 Å². The highest BCUT2D eigenvalue weighted by Gasteiger charge is 2.43. The molecule has 2 atom stereocenters. The summed E-state index contributed by atoms with van der Waals surface area (Å²) >= 11 is 0. The van der Waals surface area contributed by atoms with Crippen LogP contribution in [-0.2, 0) is 30.5 Å². The first-order valence-electron chi connectivity index (χ1n) is 17.8. The van der Waals surface area contributed by atoms with Crippen molar-refractivity contribution < 1.29 is 33.2 Å². The monoisotopic (exact) mass is 703 g/mol. The van der Waals surface area contributed by atoms with Crippen LogP contribution in [-0.4, -0.2) is 64.4 Å². The van der Waals surface area contributed by atoms with Gasteiger partial charge in [-0.25, -0.2) is 10.0 Å². The summed E-state index contributed by atoms with van der Waals surface area (Å²) in [4.78, 5) is 16.6. The highest BCUT2D eigenvalue weighted by Crippen LogP contribution is 2.54. The van der Waals surface area contributed by atoms with Gasteiger partial charge in [0.25, 0.3) is 5.91 Å². The predicted molar refractivity (Wildman–Crippen MR) is 199 cm³/mol. The molecular formula is C42H45N3O7. The Labute approximate surface area is 305 Å². The third kappa shape index (κ3) is 5.70. The zero-order chi connectivity index (χ0) is 36.3. The van der Waals surface area contributed by atoms with E-state index in [-0.39, 0.29) is 18.0 Å². The predicted octanol–water partition coefficient (Wildman–Crippen LogP) is 7.76. The fraction of sp³-hybridized carbons (Fsp3) is 0.357. The van der Waals surface area contributed by atoms with Crippen molar-refractivity contribution in [3.63, 3.8) is 0 Å². The second-order valence-corrected chi connectivity index (χ2v) is 14.2. The highest BCUT2D eigenvalue weighted by atomic mass is 16.5. The van der Waals surface area contributed by atoms with E-state index < -0.39 is 0 Å². The van der Waals surface area contributed by atoms with Crippen LogP contribution in [0.25, 0.3) is 0 Å². The molecule has 0 saturated heterocycles. The molecule has 270 valence electrons. The number of hydrogen-bond donors (Lipinski definition) is 0. The van der Waals surface area contributed by atoms with Gasteiger partial charge in [-0.05, 0) is 111 Å². The molecule has 5 heterocycles. The summed E-state index contributed by atoms with van der Waals surface area (Å²) in [6.45, 7) is 5.38. The molecule has 10 nitrogen and oxygen atoms in total. The number of anilines is 1. The second kappa shape index (κ2) is 13.4. The smallest absolute Gasteiger partial charge is 0.265 e. The minimum atomic E-state index is -0.289. The van der Waals surface area contributed by atoms with Crippen LogP contribution >= 0.6 is 0 Å². The number of likely N-dealkylation sites (N-methyl/N-ethyl adjacent to an activating group) is 1. The van der Waals surface area contributed by atoms with Crippen LogP contribution in [0.3, 0.4) is 0 Å². The van der Waals surface area contributed by atoms with Crippen LogP contribution in [0.15, 0.2) is 66.2 Å². The Hall–Kier alpha value is -5.19. The second-order valence-electron chi connectivity index (χ2n) is 14.2. The van der Waals surface area contributed by atoms with Gasteiger partial charge < -0.3 is 28.4 Å². The minimum absolute atomic E-state index is 0.113. The van der Waals surface area contributed by atoms with Crippen molar-refractivity contribution >= 4 is 11.6 Å². The summed E-state index contributed by atoms with van der Waals surface area (Å²) in [6.07, 6.45) is 4.61. The first-order valence-corrected chi connectivity index (χ1v) is 17.8. The molecule has 0 radical (unpaired) electrons. The number of ether oxygens (including phenoxy) is 6. The molecule has 0 fully saturated rings. The van der Waals surface area contributed by atoms with Gasteiger partial charge in [0, 0.05) is 36.8 Å². The first-order chi connectivity index (χ1) is 25.2. The van der Waals surface area contributed by atoms with E-state index in [1.807, 2.05) is 44.2 Å². The zero-order valence-corrected chi connectivity index (χ0v) is 30.9. The summed E-state index contributed by atoms with van der Waals surface area (Å²) < 4.78 is 37.6. The molecule has 4 aromatic rings. The molecule has 0 N–H and O–H groups in total. The van der Waals surface area contributed by atoms with Crippen LogP contribution in [0.4, 0.5) is 5.69 Å². The molecule has 7 bridgehead atoms. The van der Waals surface area contributed by atoms with E-state index in [1.54, 1.807) is 39.5 Å². The first kappa shape index (κ1) is 33.9. The van der Waals surface area contributed by atoms with E-state index in [0.717, 1.165) is 47.3 Å². The van der Waals surface area contributed by atoms with Crippen molar-refractivity contribution in [2.45, 2.75) is 51.6 Å². The lowest BCUT2D eigenvalue weighted by atomic mass is 9.85. The maximum absolute atomic E-state index is 14.2. The zero-order valence-electron chi connectivity index (χ0n) is 30.9. The Morgan fingerprint density at radius 1 is 0.750 bits per heavy atom. The van der Waals surface area contributed by atoms with Gasteiger partial charge in [-0.3, -0.25) is 9.69 Å². The molecule has 0 saturated carbocycles. The Balaban J connectivity index is 1.41. The Morgan fingerprint density at radius 2 is 1.44 bits per heavy atom. The molecule has 52 heavy (non-hydrogen) atoms. The van der Waals surface area contributed by atoms with Crippen molar-refractivity contribution in [1.29, 1.82) is 0 Å². The van der Waals surface area contributed by atoms with Crippen molar-refractivity contribution in [3.05, 3.63) is 99.6 Å². The summed E-state index contributed by atoms with van der Waals surface area (Å²) in [5.74, 6) is 4.54. The van der Waals surface area contributed by atoms with Crippen LogP contribution in [0.2, 0.25) is 0 Å². The van der Waals surface area contributed by atoms with E-state index in [1.165, 1.54) is 16.7 Å². The van der Waals surface area contributed by atoms with Crippen molar-refractivity contribution in [1.82, 2.24) is 9.91 Å². The number of carbonyl (C=O) groups excluding carboxylic acids is 1. The number of rotatable bonds is 5. The number of nitrogens with zero attached hydrogens (tertiary/aromatic N) is 3. The van der Waals surface area contributed by atoms with E-state index in [0.29, 0.717) is 65.4 Å². The summed E-state index contributed by atoms with van der Waals surface area (Å²) in [5, 5.41) is 3.94. The van der Waals surface area contributed by atoms with Gasteiger partial charge in [-0.1, -0.05) is 17.7 Å². The summed E-state index contributed by atoms with van der Waals surface area (Å²) in [6, 6.07) is 18.3. The molecule has 4 aromatic carbocycles. The van der Waals surface area contributed by atoms with Crippen molar-refractivity contribution in [3.8, 4) is 46.0 Å². The lowest BCUT2D eigenvalue weighted by Crippen LogP contribution is -2.54. The SMILES string of the molecule is COc1cc2c3cc1Oc1ccc(cc1)C[C@H]1c4cc(c(OC)cc4CCN1C)Oc1c(OC)c(OC)cc4c1[C@H](C3)N(CC4)N2C(=O)C=C(C)C. The van der Waals surface area contributed by atoms with Gasteiger partial charge in [-0.15, -0.1) is 0 Å². The summed E-state index contributed by atoms with van der Waals surface area (Å²) in [5.41, 5.74) is 8.24. The van der Waals surface area contributed by atoms with Gasteiger partial charge in [0.05, 0.1) is 40.2 Å². The van der Waals surface area contributed by atoms with Gasteiger partial charge in [-0.2, -0.15) is 0 Å².